The van der Waals surface area contributed by atoms with Gasteiger partial charge in [0.15, 0.2) is 11.5 Å². The molecule has 6 heteroatoms. The van der Waals surface area contributed by atoms with Gasteiger partial charge in [-0.05, 0) is 6.07 Å². The van der Waals surface area contributed by atoms with Crippen LogP contribution in [0.3, 0.4) is 0 Å². The third kappa shape index (κ3) is 3.36. The van der Waals surface area contributed by atoms with Crippen LogP contribution in [0.5, 0.6) is 11.5 Å². The number of benzene rings is 1. The van der Waals surface area contributed by atoms with Gasteiger partial charge in [0.05, 0.1) is 14.2 Å². The standard InChI is InChI=1S/C13H16N2O3S/c1-17-11-5-3-4-9(12(11)18-2)6-14-7-10-8-19-13(16)15-10/h3-5,8,14H,6-7H2,1-2H3,(H,15,16). The number of thiazole rings is 1. The Hall–Kier alpha value is -1.79. The van der Waals surface area contributed by atoms with Crippen LogP contribution in [0.15, 0.2) is 28.4 Å². The summed E-state index contributed by atoms with van der Waals surface area (Å²) in [5, 5.41) is 5.08. The molecule has 2 N–H and O–H groups in total. The molecule has 0 aliphatic rings. The lowest BCUT2D eigenvalue weighted by molar-refractivity contribution is 0.350. The predicted octanol–water partition coefficient (Wildman–Crippen LogP) is 1.74. The number of ether oxygens (including phenoxy) is 2. The molecule has 2 rings (SSSR count). The van der Waals surface area contributed by atoms with Gasteiger partial charge in [-0.25, -0.2) is 0 Å². The zero-order valence-corrected chi connectivity index (χ0v) is 11.7. The van der Waals surface area contributed by atoms with Crippen LogP contribution < -0.4 is 19.7 Å². The molecule has 0 atom stereocenters. The van der Waals surface area contributed by atoms with E-state index in [9.17, 15) is 4.79 Å². The van der Waals surface area contributed by atoms with Gasteiger partial charge in [-0.2, -0.15) is 0 Å². The summed E-state index contributed by atoms with van der Waals surface area (Å²) in [6, 6.07) is 5.76. The van der Waals surface area contributed by atoms with E-state index in [1.54, 1.807) is 14.2 Å². The average molecular weight is 280 g/mol. The molecule has 0 fully saturated rings. The second-order valence-corrected chi connectivity index (χ2v) is 4.77. The second-order valence-electron chi connectivity index (χ2n) is 3.93. The molecule has 1 aromatic carbocycles. The maximum atomic E-state index is 11.0. The van der Waals surface area contributed by atoms with Gasteiger partial charge < -0.3 is 19.8 Å². The first-order valence-corrected chi connectivity index (χ1v) is 6.70. The van der Waals surface area contributed by atoms with E-state index < -0.39 is 0 Å². The molecule has 0 saturated carbocycles. The smallest absolute Gasteiger partial charge is 0.304 e. The molecule has 0 unspecified atom stereocenters. The van der Waals surface area contributed by atoms with Crippen molar-refractivity contribution >= 4 is 11.3 Å². The van der Waals surface area contributed by atoms with Crippen molar-refractivity contribution in [3.05, 3.63) is 44.5 Å². The van der Waals surface area contributed by atoms with Gasteiger partial charge in [0.1, 0.15) is 0 Å². The van der Waals surface area contributed by atoms with Crippen molar-refractivity contribution in [1.82, 2.24) is 10.3 Å². The highest BCUT2D eigenvalue weighted by Crippen LogP contribution is 2.30. The van der Waals surface area contributed by atoms with Crippen molar-refractivity contribution in [3.8, 4) is 11.5 Å². The Balaban J connectivity index is 2.01. The molecular formula is C13H16N2O3S. The third-order valence-electron chi connectivity index (χ3n) is 2.69. The van der Waals surface area contributed by atoms with Crippen LogP contribution in [0.4, 0.5) is 0 Å². The van der Waals surface area contributed by atoms with E-state index in [1.165, 1.54) is 11.3 Å². The minimum absolute atomic E-state index is 0.0317. The monoisotopic (exact) mass is 280 g/mol. The van der Waals surface area contributed by atoms with Gasteiger partial charge in [-0.15, -0.1) is 0 Å². The fourth-order valence-electron chi connectivity index (χ4n) is 1.83. The molecule has 1 heterocycles. The molecule has 0 spiro atoms. The van der Waals surface area contributed by atoms with E-state index in [2.05, 4.69) is 10.3 Å². The van der Waals surface area contributed by atoms with Gasteiger partial charge in [0.25, 0.3) is 0 Å². The number of aromatic nitrogens is 1. The van der Waals surface area contributed by atoms with Gasteiger partial charge in [0, 0.05) is 29.7 Å². The number of nitrogens with one attached hydrogen (secondary N) is 2. The summed E-state index contributed by atoms with van der Waals surface area (Å²) >= 11 is 1.17. The number of methoxy groups -OCH3 is 2. The van der Waals surface area contributed by atoms with Gasteiger partial charge in [-0.1, -0.05) is 23.5 Å². The van der Waals surface area contributed by atoms with Crippen LogP contribution >= 0.6 is 11.3 Å². The van der Waals surface area contributed by atoms with E-state index in [-0.39, 0.29) is 4.87 Å². The molecular weight excluding hydrogens is 264 g/mol. The Morgan fingerprint density at radius 3 is 2.74 bits per heavy atom. The molecule has 0 aliphatic carbocycles. The third-order valence-corrected chi connectivity index (χ3v) is 3.40. The van der Waals surface area contributed by atoms with Crippen molar-refractivity contribution in [2.45, 2.75) is 13.1 Å². The Bertz CT molecular complexity index is 592. The van der Waals surface area contributed by atoms with Crippen molar-refractivity contribution in [2.24, 2.45) is 0 Å². The van der Waals surface area contributed by atoms with Crippen molar-refractivity contribution in [1.29, 1.82) is 0 Å². The summed E-state index contributed by atoms with van der Waals surface area (Å²) in [4.78, 5) is 13.7. The van der Waals surface area contributed by atoms with Crippen LogP contribution in [0.25, 0.3) is 0 Å². The van der Waals surface area contributed by atoms with Gasteiger partial charge in [-0.3, -0.25) is 4.79 Å². The first kappa shape index (κ1) is 13.6. The lowest BCUT2D eigenvalue weighted by atomic mass is 10.2. The number of hydrogen-bond acceptors (Lipinski definition) is 5. The van der Waals surface area contributed by atoms with Crippen LogP contribution in [-0.4, -0.2) is 19.2 Å². The van der Waals surface area contributed by atoms with Crippen LogP contribution in [0.2, 0.25) is 0 Å². The summed E-state index contributed by atoms with van der Waals surface area (Å²) in [5.74, 6) is 1.45. The van der Waals surface area contributed by atoms with E-state index in [0.717, 1.165) is 17.0 Å². The number of para-hydroxylation sites is 1. The van der Waals surface area contributed by atoms with Crippen molar-refractivity contribution in [3.63, 3.8) is 0 Å². The molecule has 102 valence electrons. The van der Waals surface area contributed by atoms with Crippen molar-refractivity contribution in [2.75, 3.05) is 14.2 Å². The van der Waals surface area contributed by atoms with Crippen molar-refractivity contribution < 1.29 is 9.47 Å². The van der Waals surface area contributed by atoms with Crippen LogP contribution in [0.1, 0.15) is 11.3 Å². The Labute approximate surface area is 115 Å². The summed E-state index contributed by atoms with van der Waals surface area (Å²) in [5.41, 5.74) is 1.90. The molecule has 0 saturated heterocycles. The molecule has 0 amide bonds. The quantitative estimate of drug-likeness (QED) is 0.846. The van der Waals surface area contributed by atoms with E-state index in [0.29, 0.717) is 18.8 Å². The first-order chi connectivity index (χ1) is 9.24. The summed E-state index contributed by atoms with van der Waals surface area (Å²) in [6.07, 6.45) is 0. The lowest BCUT2D eigenvalue weighted by Crippen LogP contribution is -2.14. The number of rotatable bonds is 6. The van der Waals surface area contributed by atoms with E-state index in [1.807, 2.05) is 23.6 Å². The maximum Gasteiger partial charge on any atom is 0.304 e. The first-order valence-electron chi connectivity index (χ1n) is 5.82. The van der Waals surface area contributed by atoms with Crippen LogP contribution in [0, 0.1) is 0 Å². The van der Waals surface area contributed by atoms with E-state index in [4.69, 9.17) is 9.47 Å². The topological polar surface area (TPSA) is 63.3 Å². The van der Waals surface area contributed by atoms with Gasteiger partial charge in [0.2, 0.25) is 0 Å². The normalized spacial score (nSPS) is 10.4. The minimum atomic E-state index is -0.0317. The number of H-pyrrole nitrogens is 1. The average Bonchev–Trinajstić information content (AvgIpc) is 2.84. The molecule has 5 nitrogen and oxygen atoms in total. The Kier molecular flexibility index (Phi) is 4.59. The highest BCUT2D eigenvalue weighted by atomic mass is 32.1. The summed E-state index contributed by atoms with van der Waals surface area (Å²) < 4.78 is 10.6. The second kappa shape index (κ2) is 6.40. The fourth-order valence-corrected chi connectivity index (χ4v) is 2.41. The molecule has 19 heavy (non-hydrogen) atoms. The summed E-state index contributed by atoms with van der Waals surface area (Å²) in [7, 11) is 3.24. The molecule has 1 aromatic heterocycles. The highest BCUT2D eigenvalue weighted by Gasteiger charge is 2.08. The fraction of sp³-hybridized carbons (Fsp3) is 0.308. The minimum Gasteiger partial charge on any atom is -0.493 e. The van der Waals surface area contributed by atoms with Crippen LogP contribution in [-0.2, 0) is 13.1 Å². The zero-order chi connectivity index (χ0) is 13.7. The molecule has 0 aliphatic heterocycles. The molecule has 2 aromatic rings. The molecule has 0 radical (unpaired) electrons. The predicted molar refractivity (Wildman–Crippen MR) is 75.0 cm³/mol. The Morgan fingerprint density at radius 1 is 1.26 bits per heavy atom. The number of hydrogen-bond donors (Lipinski definition) is 2. The summed E-state index contributed by atoms with van der Waals surface area (Å²) in [6.45, 7) is 1.25. The largest absolute Gasteiger partial charge is 0.493 e. The zero-order valence-electron chi connectivity index (χ0n) is 10.9. The highest BCUT2D eigenvalue weighted by molar-refractivity contribution is 7.07. The number of aromatic amines is 1. The lowest BCUT2D eigenvalue weighted by Gasteiger charge is -2.12. The molecule has 0 bridgehead atoms. The van der Waals surface area contributed by atoms with Gasteiger partial charge >= 0.3 is 4.87 Å². The maximum absolute atomic E-state index is 11.0. The van der Waals surface area contributed by atoms with E-state index >= 15 is 0 Å². The Morgan fingerprint density at radius 2 is 2.11 bits per heavy atom. The SMILES string of the molecule is COc1cccc(CNCc2csc(=O)[nH]2)c1OC.